The van der Waals surface area contributed by atoms with Crippen LogP contribution in [0.3, 0.4) is 0 Å². The Balaban J connectivity index is 1.92. The highest BCUT2D eigenvalue weighted by molar-refractivity contribution is 5.39. The Morgan fingerprint density at radius 1 is 1.31 bits per heavy atom. The maximum atomic E-state index is 4.37. The molecule has 0 saturated carbocycles. The summed E-state index contributed by atoms with van der Waals surface area (Å²) in [5.41, 5.74) is 2.76. The molecule has 2 N–H and O–H groups in total. The summed E-state index contributed by atoms with van der Waals surface area (Å²) in [4.78, 5) is 8.61. The lowest BCUT2D eigenvalue weighted by Crippen LogP contribution is -2.09. The number of rotatable bonds is 4. The van der Waals surface area contributed by atoms with Gasteiger partial charge in [0.25, 0.3) is 0 Å². The Morgan fingerprint density at radius 2 is 2.19 bits per heavy atom. The maximum absolute atomic E-state index is 4.37. The lowest BCUT2D eigenvalue weighted by atomic mass is 10.3. The van der Waals surface area contributed by atoms with Crippen LogP contribution in [0.2, 0.25) is 0 Å². The molecular weight excluding hydrogens is 204 g/mol. The number of hydrogen-bond donors (Lipinski definition) is 2. The smallest absolute Gasteiger partial charge is 0.147 e. The fourth-order valence-corrected chi connectivity index (χ4v) is 1.36. The van der Waals surface area contributed by atoms with Gasteiger partial charge >= 0.3 is 0 Å². The molecule has 0 atom stereocenters. The summed E-state index contributed by atoms with van der Waals surface area (Å²) in [5, 5.41) is 13.5. The van der Waals surface area contributed by atoms with E-state index >= 15 is 0 Å². The molecule has 84 valence electrons. The van der Waals surface area contributed by atoms with Crippen molar-refractivity contribution < 1.29 is 0 Å². The Morgan fingerprint density at radius 3 is 2.94 bits per heavy atom. The van der Waals surface area contributed by atoms with E-state index in [-0.39, 0.29) is 0 Å². The first-order valence-electron chi connectivity index (χ1n) is 5.14. The number of nitrogens with zero attached hydrogens (tertiary/aromatic N) is 4. The van der Waals surface area contributed by atoms with Crippen LogP contribution in [-0.4, -0.2) is 31.9 Å². The second-order valence-electron chi connectivity index (χ2n) is 3.58. The van der Waals surface area contributed by atoms with Crippen molar-refractivity contribution in [2.75, 3.05) is 11.9 Å². The molecule has 0 saturated heterocycles. The molecule has 0 aliphatic carbocycles. The Bertz CT molecular complexity index is 450. The zero-order valence-corrected chi connectivity index (χ0v) is 9.36. The number of aromatic amines is 1. The van der Waals surface area contributed by atoms with Crippen molar-refractivity contribution in [2.45, 2.75) is 20.3 Å². The molecule has 6 nitrogen and oxygen atoms in total. The molecule has 0 fully saturated rings. The summed E-state index contributed by atoms with van der Waals surface area (Å²) in [6.45, 7) is 4.63. The van der Waals surface area contributed by atoms with Crippen molar-refractivity contribution in [1.29, 1.82) is 0 Å². The first-order chi connectivity index (χ1) is 7.75. The molecule has 0 bridgehead atoms. The third kappa shape index (κ3) is 2.53. The average molecular weight is 218 g/mol. The van der Waals surface area contributed by atoms with E-state index in [1.165, 1.54) is 0 Å². The SMILES string of the molecule is Cc1cnc(C)c(NCCc2cn[nH]n2)n1. The van der Waals surface area contributed by atoms with E-state index in [2.05, 4.69) is 30.7 Å². The van der Waals surface area contributed by atoms with Crippen molar-refractivity contribution in [1.82, 2.24) is 25.4 Å². The minimum atomic E-state index is 0.769. The van der Waals surface area contributed by atoms with Gasteiger partial charge in [0.1, 0.15) is 5.82 Å². The van der Waals surface area contributed by atoms with Crippen LogP contribution in [0.1, 0.15) is 17.1 Å². The van der Waals surface area contributed by atoms with Gasteiger partial charge in [-0.3, -0.25) is 4.98 Å². The number of anilines is 1. The molecule has 0 spiro atoms. The van der Waals surface area contributed by atoms with Crippen LogP contribution in [0, 0.1) is 13.8 Å². The molecule has 0 unspecified atom stereocenters. The monoisotopic (exact) mass is 218 g/mol. The van der Waals surface area contributed by atoms with Crippen molar-refractivity contribution >= 4 is 5.82 Å². The lowest BCUT2D eigenvalue weighted by Gasteiger charge is -2.07. The molecule has 2 aromatic heterocycles. The van der Waals surface area contributed by atoms with Crippen molar-refractivity contribution in [2.24, 2.45) is 0 Å². The molecule has 0 aromatic carbocycles. The van der Waals surface area contributed by atoms with Gasteiger partial charge in [-0.2, -0.15) is 15.4 Å². The maximum Gasteiger partial charge on any atom is 0.147 e. The molecular formula is C10H14N6. The Kier molecular flexibility index (Phi) is 3.09. The van der Waals surface area contributed by atoms with Crippen molar-refractivity contribution in [3.05, 3.63) is 29.5 Å². The number of hydrogen-bond acceptors (Lipinski definition) is 5. The van der Waals surface area contributed by atoms with Gasteiger partial charge < -0.3 is 5.32 Å². The lowest BCUT2D eigenvalue weighted by molar-refractivity contribution is 0.887. The summed E-state index contributed by atoms with van der Waals surface area (Å²) in [5.74, 6) is 0.837. The quantitative estimate of drug-likeness (QED) is 0.795. The minimum absolute atomic E-state index is 0.769. The minimum Gasteiger partial charge on any atom is -0.368 e. The number of aryl methyl sites for hydroxylation is 2. The second kappa shape index (κ2) is 4.69. The summed E-state index contributed by atoms with van der Waals surface area (Å²) in [6, 6.07) is 0. The zero-order valence-electron chi connectivity index (χ0n) is 9.36. The fraction of sp³-hybridized carbons (Fsp3) is 0.400. The normalized spacial score (nSPS) is 10.4. The predicted octanol–water partition coefficient (Wildman–Crippen LogP) is 0.866. The standard InChI is InChI=1S/C10H14N6/c1-7-5-12-8(2)10(14-7)11-4-3-9-6-13-16-15-9/h5-6H,3-4H2,1-2H3,(H,11,14)(H,13,15,16). The van der Waals surface area contributed by atoms with Crippen molar-refractivity contribution in [3.63, 3.8) is 0 Å². The average Bonchev–Trinajstić information content (AvgIpc) is 2.76. The predicted molar refractivity (Wildman–Crippen MR) is 60.1 cm³/mol. The summed E-state index contributed by atoms with van der Waals surface area (Å²) in [6.07, 6.45) is 4.29. The van der Waals surface area contributed by atoms with Crippen LogP contribution in [0.25, 0.3) is 0 Å². The van der Waals surface area contributed by atoms with Crippen LogP contribution in [-0.2, 0) is 6.42 Å². The van der Waals surface area contributed by atoms with Crippen molar-refractivity contribution in [3.8, 4) is 0 Å². The third-order valence-electron chi connectivity index (χ3n) is 2.21. The summed E-state index contributed by atoms with van der Waals surface area (Å²) >= 11 is 0. The van der Waals surface area contributed by atoms with Gasteiger partial charge in [-0.25, -0.2) is 4.98 Å². The van der Waals surface area contributed by atoms with Gasteiger partial charge in [-0.15, -0.1) is 0 Å². The van der Waals surface area contributed by atoms with E-state index in [0.29, 0.717) is 0 Å². The molecule has 16 heavy (non-hydrogen) atoms. The van der Waals surface area contributed by atoms with Gasteiger partial charge in [0.15, 0.2) is 0 Å². The van der Waals surface area contributed by atoms with Crippen LogP contribution >= 0.6 is 0 Å². The zero-order chi connectivity index (χ0) is 11.4. The molecule has 2 heterocycles. The van der Waals surface area contributed by atoms with E-state index < -0.39 is 0 Å². The topological polar surface area (TPSA) is 79.4 Å². The number of nitrogens with one attached hydrogen (secondary N) is 2. The summed E-state index contributed by atoms with van der Waals surface area (Å²) < 4.78 is 0. The van der Waals surface area contributed by atoms with Gasteiger partial charge in [-0.1, -0.05) is 0 Å². The third-order valence-corrected chi connectivity index (χ3v) is 2.21. The molecule has 2 aromatic rings. The Labute approximate surface area is 93.5 Å². The van der Waals surface area contributed by atoms with E-state index in [9.17, 15) is 0 Å². The van der Waals surface area contributed by atoms with E-state index in [1.807, 2.05) is 13.8 Å². The van der Waals surface area contributed by atoms with Crippen LogP contribution in [0.15, 0.2) is 12.4 Å². The van der Waals surface area contributed by atoms with Crippen LogP contribution in [0.4, 0.5) is 5.82 Å². The highest BCUT2D eigenvalue weighted by atomic mass is 15.3. The van der Waals surface area contributed by atoms with Crippen LogP contribution < -0.4 is 5.32 Å². The molecule has 0 amide bonds. The molecule has 0 radical (unpaired) electrons. The molecule has 2 rings (SSSR count). The van der Waals surface area contributed by atoms with Gasteiger partial charge in [0, 0.05) is 19.2 Å². The fourth-order valence-electron chi connectivity index (χ4n) is 1.36. The largest absolute Gasteiger partial charge is 0.368 e. The van der Waals surface area contributed by atoms with Gasteiger partial charge in [-0.05, 0) is 13.8 Å². The first kappa shape index (κ1) is 10.5. The van der Waals surface area contributed by atoms with Crippen LogP contribution in [0.5, 0.6) is 0 Å². The van der Waals surface area contributed by atoms with Gasteiger partial charge in [0.2, 0.25) is 0 Å². The van der Waals surface area contributed by atoms with E-state index in [1.54, 1.807) is 12.4 Å². The van der Waals surface area contributed by atoms with Gasteiger partial charge in [0.05, 0.1) is 23.3 Å². The first-order valence-corrected chi connectivity index (χ1v) is 5.14. The highest BCUT2D eigenvalue weighted by Gasteiger charge is 2.01. The number of H-pyrrole nitrogens is 1. The number of aromatic nitrogens is 5. The molecule has 6 heteroatoms. The van der Waals surface area contributed by atoms with E-state index in [4.69, 9.17) is 0 Å². The second-order valence-corrected chi connectivity index (χ2v) is 3.58. The summed E-state index contributed by atoms with van der Waals surface area (Å²) in [7, 11) is 0. The Hall–Kier alpha value is -1.98. The molecule has 0 aliphatic rings. The molecule has 0 aliphatic heterocycles. The van der Waals surface area contributed by atoms with E-state index in [0.717, 1.165) is 35.9 Å². The highest BCUT2D eigenvalue weighted by Crippen LogP contribution is 2.08.